The Morgan fingerprint density at radius 3 is 2.38 bits per heavy atom. The summed E-state index contributed by atoms with van der Waals surface area (Å²) in [5.41, 5.74) is 8.01. The summed E-state index contributed by atoms with van der Waals surface area (Å²) in [6.07, 6.45) is 1.95. The van der Waals surface area contributed by atoms with Crippen LogP contribution >= 0.6 is 0 Å². The summed E-state index contributed by atoms with van der Waals surface area (Å²) in [4.78, 5) is 18.2. The number of amides is 1. The topological polar surface area (TPSA) is 103 Å². The third-order valence-corrected chi connectivity index (χ3v) is 7.61. The number of hydrogen-bond acceptors (Lipinski definition) is 6. The summed E-state index contributed by atoms with van der Waals surface area (Å²) in [7, 11) is 1.65. The number of carbonyl (C=O) groups is 1. The number of aliphatic hydroxyl groups is 1. The number of nitrogens with zero attached hydrogens (tertiary/aromatic N) is 3. The average molecular weight is 449 g/mol. The number of ether oxygens (including phenoxy) is 1. The Morgan fingerprint density at radius 2 is 1.88 bits per heavy atom. The van der Waals surface area contributed by atoms with Gasteiger partial charge in [-0.2, -0.15) is 0 Å². The van der Waals surface area contributed by atoms with Crippen LogP contribution in [-0.4, -0.2) is 84.1 Å². The van der Waals surface area contributed by atoms with Crippen molar-refractivity contribution in [3.8, 4) is 5.75 Å². The van der Waals surface area contributed by atoms with Gasteiger partial charge in [-0.25, -0.2) is 4.79 Å². The van der Waals surface area contributed by atoms with Crippen LogP contribution in [0.2, 0.25) is 0 Å². The van der Waals surface area contributed by atoms with Crippen LogP contribution in [0.3, 0.4) is 0 Å². The minimum absolute atomic E-state index is 0.177. The molecule has 8 heteroatoms. The minimum atomic E-state index is -0.951. The van der Waals surface area contributed by atoms with Crippen molar-refractivity contribution in [1.29, 1.82) is 0 Å². The zero-order valence-corrected chi connectivity index (χ0v) is 20.2. The Hall–Kier alpha value is -2.19. The van der Waals surface area contributed by atoms with Gasteiger partial charge in [-0.05, 0) is 36.3 Å². The van der Waals surface area contributed by atoms with E-state index in [4.69, 9.17) is 10.5 Å². The van der Waals surface area contributed by atoms with Crippen molar-refractivity contribution in [2.75, 3.05) is 57.1 Å². The van der Waals surface area contributed by atoms with Gasteiger partial charge < -0.3 is 25.6 Å². The van der Waals surface area contributed by atoms with Gasteiger partial charge in [0.05, 0.1) is 24.9 Å². The van der Waals surface area contributed by atoms with Crippen LogP contribution in [0.15, 0.2) is 12.1 Å². The van der Waals surface area contributed by atoms with Crippen molar-refractivity contribution >= 4 is 17.5 Å². The molecular weight excluding hydrogens is 408 g/mol. The van der Waals surface area contributed by atoms with Crippen molar-refractivity contribution < 1.29 is 19.7 Å². The van der Waals surface area contributed by atoms with Gasteiger partial charge in [0.1, 0.15) is 5.75 Å². The zero-order chi connectivity index (χ0) is 23.7. The lowest BCUT2D eigenvalue weighted by Crippen LogP contribution is -2.72. The van der Waals surface area contributed by atoms with Gasteiger partial charge in [-0.1, -0.05) is 27.7 Å². The first-order valence-corrected chi connectivity index (χ1v) is 11.6. The molecule has 2 aliphatic rings. The summed E-state index contributed by atoms with van der Waals surface area (Å²) in [5.74, 6) is 0.710. The molecule has 1 atom stereocenters. The highest BCUT2D eigenvalue weighted by molar-refractivity contribution is 5.67. The van der Waals surface area contributed by atoms with Crippen molar-refractivity contribution in [2.24, 2.45) is 5.41 Å². The summed E-state index contributed by atoms with van der Waals surface area (Å²) in [5, 5.41) is 20.2. The van der Waals surface area contributed by atoms with Gasteiger partial charge in [-0.3, -0.25) is 9.80 Å². The minimum Gasteiger partial charge on any atom is -0.495 e. The molecule has 0 aromatic heterocycles. The van der Waals surface area contributed by atoms with Crippen LogP contribution in [-0.2, 0) is 6.42 Å². The highest BCUT2D eigenvalue weighted by Crippen LogP contribution is 2.40. The first kappa shape index (κ1) is 24.5. The van der Waals surface area contributed by atoms with E-state index in [1.54, 1.807) is 7.11 Å². The molecule has 4 N–H and O–H groups in total. The van der Waals surface area contributed by atoms with Gasteiger partial charge >= 0.3 is 6.09 Å². The van der Waals surface area contributed by atoms with Crippen molar-refractivity contribution in [3.05, 3.63) is 17.7 Å². The van der Waals surface area contributed by atoms with Crippen LogP contribution in [0.25, 0.3) is 0 Å². The fourth-order valence-corrected chi connectivity index (χ4v) is 5.41. The van der Waals surface area contributed by atoms with Crippen LogP contribution < -0.4 is 15.4 Å². The number of benzene rings is 1. The maximum Gasteiger partial charge on any atom is 0.407 e. The van der Waals surface area contributed by atoms with E-state index >= 15 is 0 Å². The molecule has 1 unspecified atom stereocenters. The van der Waals surface area contributed by atoms with Gasteiger partial charge in [-0.15, -0.1) is 0 Å². The van der Waals surface area contributed by atoms with E-state index in [9.17, 15) is 15.0 Å². The number of anilines is 2. The highest BCUT2D eigenvalue weighted by atomic mass is 16.5. The monoisotopic (exact) mass is 448 g/mol. The van der Waals surface area contributed by atoms with E-state index in [0.29, 0.717) is 37.1 Å². The van der Waals surface area contributed by atoms with E-state index < -0.39 is 11.6 Å². The Kier molecular flexibility index (Phi) is 7.15. The third kappa shape index (κ3) is 4.35. The van der Waals surface area contributed by atoms with Crippen LogP contribution in [0.1, 0.15) is 46.1 Å². The summed E-state index contributed by atoms with van der Waals surface area (Å²) < 4.78 is 5.45. The highest BCUT2D eigenvalue weighted by Gasteiger charge is 2.52. The molecule has 2 heterocycles. The Balaban J connectivity index is 1.75. The number of piperazine rings is 1. The molecule has 1 aromatic carbocycles. The molecule has 1 aromatic rings. The maximum absolute atomic E-state index is 12.0. The number of nitrogens with two attached hydrogens (primary N) is 1. The second-order valence-corrected chi connectivity index (χ2v) is 10.1. The van der Waals surface area contributed by atoms with E-state index in [1.165, 1.54) is 16.2 Å². The molecule has 2 fully saturated rings. The van der Waals surface area contributed by atoms with Crippen molar-refractivity contribution in [1.82, 2.24) is 9.80 Å². The predicted octanol–water partition coefficient (Wildman–Crippen LogP) is 2.88. The SMILES string of the molecule is CCc1cc(N)c(OC)cc1N1CCC(N2CCN(C(=O)O)C(CO)(C(C)(C)C)C2)CC1. The Labute approximate surface area is 191 Å². The normalized spacial score (nSPS) is 23.4. The quantitative estimate of drug-likeness (QED) is 0.595. The fourth-order valence-electron chi connectivity index (χ4n) is 5.41. The number of carboxylic acid groups (broad SMARTS) is 1. The number of methoxy groups -OCH3 is 1. The molecule has 2 saturated heterocycles. The number of piperidine rings is 1. The van der Waals surface area contributed by atoms with Crippen molar-refractivity contribution in [3.63, 3.8) is 0 Å². The van der Waals surface area contributed by atoms with Crippen LogP contribution in [0, 0.1) is 5.41 Å². The zero-order valence-electron chi connectivity index (χ0n) is 20.2. The summed E-state index contributed by atoms with van der Waals surface area (Å²) >= 11 is 0. The first-order valence-electron chi connectivity index (χ1n) is 11.6. The average Bonchev–Trinajstić information content (AvgIpc) is 2.77. The molecule has 2 aliphatic heterocycles. The molecule has 0 spiro atoms. The summed E-state index contributed by atoms with van der Waals surface area (Å²) in [6, 6.07) is 4.44. The molecule has 180 valence electrons. The number of rotatable bonds is 5. The smallest absolute Gasteiger partial charge is 0.407 e. The second kappa shape index (κ2) is 9.35. The molecule has 0 aliphatic carbocycles. The Morgan fingerprint density at radius 1 is 1.22 bits per heavy atom. The fraction of sp³-hybridized carbons (Fsp3) is 0.708. The predicted molar refractivity (Wildman–Crippen MR) is 128 cm³/mol. The number of nitrogen functional groups attached to an aromatic ring is 1. The van der Waals surface area contributed by atoms with E-state index in [0.717, 1.165) is 32.4 Å². The van der Waals surface area contributed by atoms with Gasteiger partial charge in [0.2, 0.25) is 0 Å². The first-order chi connectivity index (χ1) is 15.1. The Bertz CT molecular complexity index is 817. The largest absolute Gasteiger partial charge is 0.495 e. The molecule has 3 rings (SSSR count). The number of aryl methyl sites for hydroxylation is 1. The van der Waals surface area contributed by atoms with Gasteiger partial charge in [0.25, 0.3) is 0 Å². The van der Waals surface area contributed by atoms with Gasteiger partial charge in [0, 0.05) is 50.5 Å². The molecule has 32 heavy (non-hydrogen) atoms. The number of hydrogen-bond donors (Lipinski definition) is 3. The maximum atomic E-state index is 12.0. The standard InChI is InChI=1S/C24H40N4O4/c1-6-17-13-19(25)21(32-5)14-20(17)26-9-7-18(8-10-26)27-11-12-28(22(30)31)24(15-27,16-29)23(2,3)4/h13-14,18,29H,6-12,15-16,25H2,1-5H3,(H,30,31). The number of aliphatic hydroxyl groups excluding tert-OH is 1. The molecule has 0 saturated carbocycles. The lowest BCUT2D eigenvalue weighted by Gasteiger charge is -2.57. The molecule has 8 nitrogen and oxygen atoms in total. The molecule has 0 radical (unpaired) electrons. The lowest BCUT2D eigenvalue weighted by molar-refractivity contribution is -0.0941. The van der Waals surface area contributed by atoms with Gasteiger partial charge in [0.15, 0.2) is 0 Å². The third-order valence-electron chi connectivity index (χ3n) is 7.61. The lowest BCUT2D eigenvalue weighted by atomic mass is 9.71. The van der Waals surface area contributed by atoms with Crippen LogP contribution in [0.4, 0.5) is 16.2 Å². The summed E-state index contributed by atoms with van der Waals surface area (Å²) in [6.45, 7) is 11.5. The van der Waals surface area contributed by atoms with Crippen LogP contribution in [0.5, 0.6) is 5.75 Å². The van der Waals surface area contributed by atoms with Crippen molar-refractivity contribution in [2.45, 2.75) is 58.5 Å². The molecular formula is C24H40N4O4. The van der Waals surface area contributed by atoms with E-state index in [1.807, 2.05) is 26.8 Å². The van der Waals surface area contributed by atoms with E-state index in [-0.39, 0.29) is 12.0 Å². The van der Waals surface area contributed by atoms with E-state index in [2.05, 4.69) is 22.8 Å². The molecule has 1 amide bonds. The molecule has 0 bridgehead atoms. The second-order valence-electron chi connectivity index (χ2n) is 10.1.